The summed E-state index contributed by atoms with van der Waals surface area (Å²) in [5.74, 6) is 4.94. The standard InChI is InChI=1S/C9H17N3O/c1-9(2,3)12-7-8(6-11-12)4-5-13-10/h6-7H,4-5,10H2,1-3H3. The zero-order valence-corrected chi connectivity index (χ0v) is 8.45. The summed E-state index contributed by atoms with van der Waals surface area (Å²) < 4.78 is 1.94. The van der Waals surface area contributed by atoms with Crippen molar-refractivity contribution in [2.75, 3.05) is 6.61 Å². The summed E-state index contributed by atoms with van der Waals surface area (Å²) in [5.41, 5.74) is 1.20. The molecule has 1 aromatic heterocycles. The van der Waals surface area contributed by atoms with Gasteiger partial charge in [0, 0.05) is 12.6 Å². The Morgan fingerprint density at radius 2 is 2.23 bits per heavy atom. The van der Waals surface area contributed by atoms with Crippen molar-refractivity contribution in [1.29, 1.82) is 0 Å². The Morgan fingerprint density at radius 3 is 2.69 bits per heavy atom. The van der Waals surface area contributed by atoms with Crippen LogP contribution >= 0.6 is 0 Å². The molecular formula is C9H17N3O. The van der Waals surface area contributed by atoms with Gasteiger partial charge in [-0.2, -0.15) is 5.10 Å². The largest absolute Gasteiger partial charge is 0.304 e. The molecule has 2 N–H and O–H groups in total. The van der Waals surface area contributed by atoms with Gasteiger partial charge in [-0.15, -0.1) is 0 Å². The molecule has 0 aliphatic rings. The van der Waals surface area contributed by atoms with Gasteiger partial charge in [0.25, 0.3) is 0 Å². The Balaban J connectivity index is 2.64. The maximum absolute atomic E-state index is 4.94. The van der Waals surface area contributed by atoms with Crippen molar-refractivity contribution in [2.24, 2.45) is 5.90 Å². The second-order valence-corrected chi connectivity index (χ2v) is 4.08. The van der Waals surface area contributed by atoms with E-state index in [0.29, 0.717) is 6.61 Å². The van der Waals surface area contributed by atoms with E-state index in [1.165, 1.54) is 0 Å². The van der Waals surface area contributed by atoms with E-state index in [4.69, 9.17) is 5.90 Å². The quantitative estimate of drug-likeness (QED) is 0.713. The highest BCUT2D eigenvalue weighted by atomic mass is 16.6. The number of aromatic nitrogens is 2. The molecule has 0 aliphatic carbocycles. The van der Waals surface area contributed by atoms with Crippen molar-refractivity contribution < 1.29 is 4.84 Å². The minimum absolute atomic E-state index is 0.0435. The third-order valence-corrected chi connectivity index (χ3v) is 1.83. The second kappa shape index (κ2) is 3.89. The van der Waals surface area contributed by atoms with Crippen LogP contribution < -0.4 is 5.90 Å². The predicted octanol–water partition coefficient (Wildman–Crippen LogP) is 1.07. The summed E-state index contributed by atoms with van der Waals surface area (Å²) in [5, 5.41) is 4.26. The molecule has 0 bridgehead atoms. The summed E-state index contributed by atoms with van der Waals surface area (Å²) >= 11 is 0. The van der Waals surface area contributed by atoms with E-state index in [-0.39, 0.29) is 5.54 Å². The number of rotatable bonds is 3. The van der Waals surface area contributed by atoms with Gasteiger partial charge in [0.05, 0.1) is 18.3 Å². The predicted molar refractivity (Wildman–Crippen MR) is 51.1 cm³/mol. The van der Waals surface area contributed by atoms with Crippen LogP contribution in [-0.2, 0) is 16.8 Å². The molecule has 0 saturated carbocycles. The second-order valence-electron chi connectivity index (χ2n) is 4.08. The van der Waals surface area contributed by atoms with Gasteiger partial charge in [-0.1, -0.05) is 0 Å². The normalized spacial score (nSPS) is 12.0. The van der Waals surface area contributed by atoms with Crippen molar-refractivity contribution in [3.63, 3.8) is 0 Å². The van der Waals surface area contributed by atoms with Gasteiger partial charge < -0.3 is 4.84 Å². The Labute approximate surface area is 78.6 Å². The van der Waals surface area contributed by atoms with Crippen molar-refractivity contribution in [1.82, 2.24) is 9.78 Å². The first-order valence-corrected chi connectivity index (χ1v) is 4.40. The van der Waals surface area contributed by atoms with Crippen LogP contribution in [-0.4, -0.2) is 16.4 Å². The molecule has 0 radical (unpaired) electrons. The lowest BCUT2D eigenvalue weighted by Crippen LogP contribution is -2.21. The lowest BCUT2D eigenvalue weighted by atomic mass is 10.1. The topological polar surface area (TPSA) is 53.1 Å². The molecule has 0 atom stereocenters. The molecule has 0 spiro atoms. The van der Waals surface area contributed by atoms with Crippen LogP contribution in [0.5, 0.6) is 0 Å². The molecule has 74 valence electrons. The highest BCUT2D eigenvalue weighted by Gasteiger charge is 2.13. The van der Waals surface area contributed by atoms with E-state index in [1.54, 1.807) is 0 Å². The molecule has 0 saturated heterocycles. The fourth-order valence-electron chi connectivity index (χ4n) is 1.03. The van der Waals surface area contributed by atoms with Crippen LogP contribution in [0.25, 0.3) is 0 Å². The first-order chi connectivity index (χ1) is 6.04. The summed E-state index contributed by atoms with van der Waals surface area (Å²) in [6.45, 7) is 6.88. The zero-order chi connectivity index (χ0) is 9.90. The lowest BCUT2D eigenvalue weighted by Gasteiger charge is -2.18. The Bertz CT molecular complexity index is 262. The number of nitrogens with zero attached hydrogens (tertiary/aromatic N) is 2. The Hall–Kier alpha value is -0.870. The van der Waals surface area contributed by atoms with Crippen LogP contribution in [0, 0.1) is 0 Å². The molecule has 0 amide bonds. The summed E-state index contributed by atoms with van der Waals surface area (Å²) in [7, 11) is 0. The van der Waals surface area contributed by atoms with Gasteiger partial charge in [-0.3, -0.25) is 4.68 Å². The van der Waals surface area contributed by atoms with Crippen molar-refractivity contribution in [3.8, 4) is 0 Å². The average molecular weight is 183 g/mol. The third kappa shape index (κ3) is 2.82. The van der Waals surface area contributed by atoms with E-state index in [1.807, 2.05) is 17.1 Å². The first-order valence-electron chi connectivity index (χ1n) is 4.40. The van der Waals surface area contributed by atoms with E-state index in [9.17, 15) is 0 Å². The van der Waals surface area contributed by atoms with E-state index in [2.05, 4.69) is 30.7 Å². The van der Waals surface area contributed by atoms with Crippen LogP contribution in [0.1, 0.15) is 26.3 Å². The summed E-state index contributed by atoms with van der Waals surface area (Å²) in [6, 6.07) is 0. The lowest BCUT2D eigenvalue weighted by molar-refractivity contribution is 0.141. The van der Waals surface area contributed by atoms with Gasteiger partial charge in [-0.05, 0) is 26.3 Å². The van der Waals surface area contributed by atoms with E-state index >= 15 is 0 Å². The average Bonchev–Trinajstić information content (AvgIpc) is 2.47. The molecule has 4 heteroatoms. The fraction of sp³-hybridized carbons (Fsp3) is 0.667. The number of nitrogens with two attached hydrogens (primary N) is 1. The SMILES string of the molecule is CC(C)(C)n1cc(CCON)cn1. The van der Waals surface area contributed by atoms with Crippen molar-refractivity contribution in [3.05, 3.63) is 18.0 Å². The van der Waals surface area contributed by atoms with Crippen LogP contribution in [0.4, 0.5) is 0 Å². The van der Waals surface area contributed by atoms with Crippen LogP contribution in [0.15, 0.2) is 12.4 Å². The molecule has 0 aromatic carbocycles. The van der Waals surface area contributed by atoms with Gasteiger partial charge in [0.15, 0.2) is 0 Å². The van der Waals surface area contributed by atoms with Gasteiger partial charge in [-0.25, -0.2) is 5.90 Å². The molecule has 0 unspecified atom stereocenters. The highest BCUT2D eigenvalue weighted by Crippen LogP contribution is 2.13. The van der Waals surface area contributed by atoms with Crippen molar-refractivity contribution in [2.45, 2.75) is 32.7 Å². The minimum atomic E-state index is 0.0435. The van der Waals surface area contributed by atoms with E-state index < -0.39 is 0 Å². The maximum Gasteiger partial charge on any atom is 0.0720 e. The first kappa shape index (κ1) is 10.2. The number of hydrogen-bond acceptors (Lipinski definition) is 3. The summed E-state index contributed by atoms with van der Waals surface area (Å²) in [6.07, 6.45) is 4.69. The summed E-state index contributed by atoms with van der Waals surface area (Å²) in [4.78, 5) is 4.50. The van der Waals surface area contributed by atoms with Gasteiger partial charge >= 0.3 is 0 Å². The molecule has 1 heterocycles. The Kier molecular flexibility index (Phi) is 3.06. The van der Waals surface area contributed by atoms with E-state index in [0.717, 1.165) is 12.0 Å². The molecule has 4 nitrogen and oxygen atoms in total. The smallest absolute Gasteiger partial charge is 0.0720 e. The van der Waals surface area contributed by atoms with Gasteiger partial charge in [0.1, 0.15) is 0 Å². The fourth-order valence-corrected chi connectivity index (χ4v) is 1.03. The molecular weight excluding hydrogens is 166 g/mol. The van der Waals surface area contributed by atoms with Crippen molar-refractivity contribution >= 4 is 0 Å². The monoisotopic (exact) mass is 183 g/mol. The maximum atomic E-state index is 4.94. The zero-order valence-electron chi connectivity index (χ0n) is 8.45. The highest BCUT2D eigenvalue weighted by molar-refractivity contribution is 5.05. The molecule has 0 fully saturated rings. The molecule has 1 aromatic rings. The third-order valence-electron chi connectivity index (χ3n) is 1.83. The minimum Gasteiger partial charge on any atom is -0.304 e. The van der Waals surface area contributed by atoms with Crippen LogP contribution in [0.2, 0.25) is 0 Å². The van der Waals surface area contributed by atoms with Crippen LogP contribution in [0.3, 0.4) is 0 Å². The molecule has 13 heavy (non-hydrogen) atoms. The Morgan fingerprint density at radius 1 is 1.54 bits per heavy atom. The van der Waals surface area contributed by atoms with Gasteiger partial charge in [0.2, 0.25) is 0 Å². The molecule has 1 rings (SSSR count). The molecule has 0 aliphatic heterocycles. The number of hydrogen-bond donors (Lipinski definition) is 1.